The molecule has 0 amide bonds. The molecule has 0 fully saturated rings. The largest absolute Gasteiger partial charge is 0.492 e. The molecule has 2 heterocycles. The van der Waals surface area contributed by atoms with Crippen molar-refractivity contribution in [2.75, 3.05) is 12.3 Å². The highest BCUT2D eigenvalue weighted by Crippen LogP contribution is 2.34. The van der Waals surface area contributed by atoms with Crippen molar-refractivity contribution < 1.29 is 13.2 Å². The number of ether oxygens (including phenoxy) is 1. The zero-order valence-electron chi connectivity index (χ0n) is 11.3. The number of aromatic nitrogens is 2. The third kappa shape index (κ3) is 2.86. The van der Waals surface area contributed by atoms with Gasteiger partial charge in [-0.1, -0.05) is 0 Å². The molecule has 0 bridgehead atoms. The molecule has 0 atom stereocenters. The number of H-pyrrole nitrogens is 1. The molecule has 1 aliphatic heterocycles. The Bertz CT molecular complexity index is 741. The fourth-order valence-corrected chi connectivity index (χ4v) is 3.53. The van der Waals surface area contributed by atoms with Crippen LogP contribution in [0.3, 0.4) is 0 Å². The lowest BCUT2D eigenvalue weighted by molar-refractivity contribution is 0.280. The van der Waals surface area contributed by atoms with Crippen LogP contribution in [0, 0.1) is 0 Å². The fourth-order valence-electron chi connectivity index (χ4n) is 2.30. The Balaban J connectivity index is 1.93. The van der Waals surface area contributed by atoms with Crippen molar-refractivity contribution in [2.45, 2.75) is 24.3 Å². The maximum atomic E-state index is 12.5. The minimum absolute atomic E-state index is 0.0942. The lowest BCUT2D eigenvalue weighted by Crippen LogP contribution is -2.25. The summed E-state index contributed by atoms with van der Waals surface area (Å²) in [5.41, 5.74) is 7.74. The number of nitrogen functional groups attached to an aromatic ring is 1. The van der Waals surface area contributed by atoms with Crippen LogP contribution in [0.1, 0.15) is 17.7 Å². The lowest BCUT2D eigenvalue weighted by atomic mass is 10.1. The Kier molecular flexibility index (Phi) is 3.56. The summed E-state index contributed by atoms with van der Waals surface area (Å²) in [5, 5.41) is 6.48. The molecule has 0 saturated heterocycles. The molecule has 3 rings (SSSR count). The number of anilines is 1. The molecule has 0 unspecified atom stereocenters. The Morgan fingerprint density at radius 1 is 1.43 bits per heavy atom. The molecule has 2 aromatic rings. The van der Waals surface area contributed by atoms with Crippen LogP contribution in [0.4, 0.5) is 5.69 Å². The third-order valence-electron chi connectivity index (χ3n) is 3.29. The van der Waals surface area contributed by atoms with E-state index in [1.54, 1.807) is 18.3 Å². The summed E-state index contributed by atoms with van der Waals surface area (Å²) >= 11 is 0. The summed E-state index contributed by atoms with van der Waals surface area (Å²) in [6, 6.07) is 4.90. The van der Waals surface area contributed by atoms with Crippen molar-refractivity contribution in [2.24, 2.45) is 0 Å². The zero-order chi connectivity index (χ0) is 14.9. The van der Waals surface area contributed by atoms with E-state index in [1.807, 2.05) is 0 Å². The maximum Gasteiger partial charge on any atom is 0.244 e. The van der Waals surface area contributed by atoms with E-state index in [9.17, 15) is 8.42 Å². The first kappa shape index (κ1) is 13.9. The molecule has 0 radical (unpaired) electrons. The minimum Gasteiger partial charge on any atom is -0.492 e. The molecule has 21 heavy (non-hydrogen) atoms. The quantitative estimate of drug-likeness (QED) is 0.723. The van der Waals surface area contributed by atoms with Gasteiger partial charge in [0.15, 0.2) is 0 Å². The van der Waals surface area contributed by atoms with Crippen LogP contribution in [-0.4, -0.2) is 25.2 Å². The van der Waals surface area contributed by atoms with E-state index in [1.165, 1.54) is 6.07 Å². The average Bonchev–Trinajstić information content (AvgIpc) is 2.97. The lowest BCUT2D eigenvalue weighted by Gasteiger charge is -2.21. The summed E-state index contributed by atoms with van der Waals surface area (Å²) in [6.45, 7) is 0.645. The molecule has 1 aliphatic rings. The topological polar surface area (TPSA) is 110 Å². The first-order valence-corrected chi connectivity index (χ1v) is 8.08. The molecule has 0 spiro atoms. The van der Waals surface area contributed by atoms with Gasteiger partial charge in [0.25, 0.3) is 0 Å². The molecule has 1 aromatic carbocycles. The standard InChI is InChI=1S/C13H16N4O3S/c14-10-6-9-2-1-5-20-13(9)12(7-10)21(18,19)16-8-11-3-4-15-17-11/h3-4,6-7,16H,1-2,5,8,14H2,(H,15,17). The summed E-state index contributed by atoms with van der Waals surface area (Å²) in [7, 11) is -3.70. The van der Waals surface area contributed by atoms with Crippen LogP contribution in [0.2, 0.25) is 0 Å². The Morgan fingerprint density at radius 3 is 3.05 bits per heavy atom. The molecule has 1 aromatic heterocycles. The van der Waals surface area contributed by atoms with E-state index in [-0.39, 0.29) is 11.4 Å². The number of aryl methyl sites for hydroxylation is 1. The molecule has 4 N–H and O–H groups in total. The number of fused-ring (bicyclic) bond motifs is 1. The van der Waals surface area contributed by atoms with Gasteiger partial charge in [0.05, 0.1) is 18.8 Å². The number of aromatic amines is 1. The number of hydrogen-bond acceptors (Lipinski definition) is 5. The predicted molar refractivity (Wildman–Crippen MR) is 77.3 cm³/mol. The van der Waals surface area contributed by atoms with Gasteiger partial charge in [-0.15, -0.1) is 0 Å². The molecular formula is C13H16N4O3S. The van der Waals surface area contributed by atoms with Crippen LogP contribution < -0.4 is 15.2 Å². The number of sulfonamides is 1. The van der Waals surface area contributed by atoms with Gasteiger partial charge < -0.3 is 10.5 Å². The van der Waals surface area contributed by atoms with E-state index < -0.39 is 10.0 Å². The van der Waals surface area contributed by atoms with Gasteiger partial charge in [-0.3, -0.25) is 5.10 Å². The maximum absolute atomic E-state index is 12.5. The van der Waals surface area contributed by atoms with Gasteiger partial charge in [0, 0.05) is 11.9 Å². The van der Waals surface area contributed by atoms with E-state index in [2.05, 4.69) is 14.9 Å². The number of rotatable bonds is 4. The first-order chi connectivity index (χ1) is 10.1. The second-order valence-electron chi connectivity index (χ2n) is 4.87. The molecule has 8 heteroatoms. The van der Waals surface area contributed by atoms with Crippen LogP contribution in [0.5, 0.6) is 5.75 Å². The van der Waals surface area contributed by atoms with Crippen molar-refractivity contribution >= 4 is 15.7 Å². The van der Waals surface area contributed by atoms with Crippen molar-refractivity contribution in [1.29, 1.82) is 0 Å². The average molecular weight is 308 g/mol. The summed E-state index contributed by atoms with van der Waals surface area (Å²) in [6.07, 6.45) is 3.19. The smallest absolute Gasteiger partial charge is 0.244 e. The van der Waals surface area contributed by atoms with Crippen LogP contribution in [-0.2, 0) is 23.0 Å². The molecular weight excluding hydrogens is 292 g/mol. The monoisotopic (exact) mass is 308 g/mol. The molecule has 7 nitrogen and oxygen atoms in total. The van der Waals surface area contributed by atoms with Crippen molar-refractivity contribution in [1.82, 2.24) is 14.9 Å². The SMILES string of the molecule is Nc1cc2c(c(S(=O)(=O)NCc3ccn[nH]3)c1)OCCC2. The Morgan fingerprint density at radius 2 is 2.29 bits per heavy atom. The number of nitrogens with one attached hydrogen (secondary N) is 2. The van der Waals surface area contributed by atoms with E-state index in [0.29, 0.717) is 23.7 Å². The molecule has 112 valence electrons. The molecule has 0 aliphatic carbocycles. The van der Waals surface area contributed by atoms with Gasteiger partial charge in [0.2, 0.25) is 10.0 Å². The highest BCUT2D eigenvalue weighted by atomic mass is 32.2. The van der Waals surface area contributed by atoms with Gasteiger partial charge in [-0.25, -0.2) is 13.1 Å². The second kappa shape index (κ2) is 5.38. The van der Waals surface area contributed by atoms with E-state index in [4.69, 9.17) is 10.5 Å². The predicted octanol–water partition coefficient (Wildman–Crippen LogP) is 0.795. The number of nitrogens with two attached hydrogens (primary N) is 1. The Labute approximate surface area is 122 Å². The van der Waals surface area contributed by atoms with Gasteiger partial charge in [-0.05, 0) is 36.6 Å². The van der Waals surface area contributed by atoms with Crippen molar-refractivity contribution in [3.05, 3.63) is 35.7 Å². The fraction of sp³-hybridized carbons (Fsp3) is 0.308. The van der Waals surface area contributed by atoms with E-state index >= 15 is 0 Å². The highest BCUT2D eigenvalue weighted by Gasteiger charge is 2.25. The highest BCUT2D eigenvalue weighted by molar-refractivity contribution is 7.89. The number of hydrogen-bond donors (Lipinski definition) is 3. The van der Waals surface area contributed by atoms with Gasteiger partial charge >= 0.3 is 0 Å². The molecule has 0 saturated carbocycles. The summed E-state index contributed by atoms with van der Waals surface area (Å²) in [4.78, 5) is 0.0942. The first-order valence-electron chi connectivity index (χ1n) is 6.59. The van der Waals surface area contributed by atoms with E-state index in [0.717, 1.165) is 18.4 Å². The van der Waals surface area contributed by atoms with Crippen LogP contribution in [0.25, 0.3) is 0 Å². The Hall–Kier alpha value is -2.06. The minimum atomic E-state index is -3.70. The summed E-state index contributed by atoms with van der Waals surface area (Å²) in [5.74, 6) is 0.410. The van der Waals surface area contributed by atoms with Gasteiger partial charge in [0.1, 0.15) is 10.6 Å². The van der Waals surface area contributed by atoms with Gasteiger partial charge in [-0.2, -0.15) is 5.10 Å². The van der Waals surface area contributed by atoms with Crippen LogP contribution >= 0.6 is 0 Å². The number of benzene rings is 1. The van der Waals surface area contributed by atoms with Crippen LogP contribution in [0.15, 0.2) is 29.3 Å². The normalized spacial score (nSPS) is 14.5. The second-order valence-corrected chi connectivity index (χ2v) is 6.60. The third-order valence-corrected chi connectivity index (χ3v) is 4.70. The zero-order valence-corrected chi connectivity index (χ0v) is 12.1. The van der Waals surface area contributed by atoms with Crippen molar-refractivity contribution in [3.8, 4) is 5.75 Å². The van der Waals surface area contributed by atoms with Crippen molar-refractivity contribution in [3.63, 3.8) is 0 Å². The summed E-state index contributed by atoms with van der Waals surface area (Å²) < 4.78 is 33.0. The number of nitrogens with zero attached hydrogens (tertiary/aromatic N) is 1.